The number of aliphatic imine (C=N–C) groups is 1. The average molecular weight is 502 g/mol. The van der Waals surface area contributed by atoms with Crippen LogP contribution in [0.1, 0.15) is 12.3 Å². The minimum atomic E-state index is 0. The zero-order valence-corrected chi connectivity index (χ0v) is 17.9. The molecule has 3 rings (SSSR count). The Morgan fingerprint density at radius 2 is 2.07 bits per heavy atom. The Morgan fingerprint density at radius 3 is 2.78 bits per heavy atom. The van der Waals surface area contributed by atoms with Crippen LogP contribution in [0.15, 0.2) is 52.2 Å². The Bertz CT molecular complexity index is 833. The summed E-state index contributed by atoms with van der Waals surface area (Å²) in [5, 5.41) is 15.2. The van der Waals surface area contributed by atoms with Gasteiger partial charge in [-0.1, -0.05) is 16.8 Å². The van der Waals surface area contributed by atoms with E-state index in [0.29, 0.717) is 29.2 Å². The second kappa shape index (κ2) is 10.9. The van der Waals surface area contributed by atoms with Gasteiger partial charge in [0.25, 0.3) is 0 Å². The molecule has 0 unspecified atom stereocenters. The minimum absolute atomic E-state index is 0. The normalized spacial score (nSPS) is 11.1. The van der Waals surface area contributed by atoms with E-state index in [2.05, 4.69) is 30.9 Å². The van der Waals surface area contributed by atoms with Crippen molar-refractivity contribution in [2.45, 2.75) is 19.5 Å². The first-order chi connectivity index (χ1) is 12.7. The summed E-state index contributed by atoms with van der Waals surface area (Å²) in [6, 6.07) is 9.20. The van der Waals surface area contributed by atoms with E-state index < -0.39 is 0 Å². The van der Waals surface area contributed by atoms with E-state index in [-0.39, 0.29) is 24.0 Å². The molecule has 0 aliphatic carbocycles. The van der Waals surface area contributed by atoms with Crippen LogP contribution in [0.25, 0.3) is 11.4 Å². The van der Waals surface area contributed by atoms with E-state index in [4.69, 9.17) is 16.1 Å². The second-order valence-electron chi connectivity index (χ2n) is 5.49. The second-order valence-corrected chi connectivity index (χ2v) is 5.93. The third-order valence-electron chi connectivity index (χ3n) is 3.62. The molecule has 2 aromatic heterocycles. The fraction of sp³-hybridized carbons (Fsp3) is 0.294. The molecule has 144 valence electrons. The van der Waals surface area contributed by atoms with Gasteiger partial charge < -0.3 is 15.2 Å². The maximum atomic E-state index is 5.89. The van der Waals surface area contributed by atoms with E-state index in [0.717, 1.165) is 25.1 Å². The number of aryl methyl sites for hydroxylation is 1. The molecule has 0 spiro atoms. The number of guanidine groups is 1. The van der Waals surface area contributed by atoms with Crippen LogP contribution in [0.2, 0.25) is 5.02 Å². The van der Waals surface area contributed by atoms with Gasteiger partial charge in [0.15, 0.2) is 5.96 Å². The van der Waals surface area contributed by atoms with Crippen LogP contribution in [-0.4, -0.2) is 39.5 Å². The van der Waals surface area contributed by atoms with Crippen molar-refractivity contribution in [3.05, 3.63) is 53.6 Å². The molecule has 0 bridgehead atoms. The molecule has 2 N–H and O–H groups in total. The maximum absolute atomic E-state index is 5.89. The summed E-state index contributed by atoms with van der Waals surface area (Å²) in [6.45, 7) is 2.02. The molecule has 10 heteroatoms. The number of aromatic nitrogens is 4. The summed E-state index contributed by atoms with van der Waals surface area (Å²) in [5.41, 5.74) is 0.852. The molecule has 0 radical (unpaired) electrons. The van der Waals surface area contributed by atoms with E-state index >= 15 is 0 Å². The molecule has 8 nitrogen and oxygen atoms in total. The number of hydrogen-bond acceptors (Lipinski definition) is 5. The predicted molar refractivity (Wildman–Crippen MR) is 115 cm³/mol. The molecule has 0 atom stereocenters. The van der Waals surface area contributed by atoms with E-state index in [1.54, 1.807) is 25.4 Å². The van der Waals surface area contributed by atoms with E-state index in [9.17, 15) is 0 Å². The first-order valence-electron chi connectivity index (χ1n) is 8.25. The molecule has 0 saturated heterocycles. The number of nitrogens with zero attached hydrogens (tertiary/aromatic N) is 5. The number of rotatable bonds is 7. The highest BCUT2D eigenvalue weighted by Crippen LogP contribution is 2.18. The van der Waals surface area contributed by atoms with Gasteiger partial charge in [-0.3, -0.25) is 9.67 Å². The lowest BCUT2D eigenvalue weighted by atomic mass is 10.2. The molecule has 0 saturated carbocycles. The lowest BCUT2D eigenvalue weighted by Crippen LogP contribution is -2.37. The first-order valence-corrected chi connectivity index (χ1v) is 8.63. The molecule has 0 aliphatic rings. The van der Waals surface area contributed by atoms with Crippen molar-refractivity contribution in [2.24, 2.45) is 4.99 Å². The van der Waals surface area contributed by atoms with Gasteiger partial charge in [-0.05, 0) is 36.8 Å². The summed E-state index contributed by atoms with van der Waals surface area (Å²) in [5.74, 6) is 1.69. The predicted octanol–water partition coefficient (Wildman–Crippen LogP) is 2.96. The van der Waals surface area contributed by atoms with Crippen molar-refractivity contribution in [2.75, 3.05) is 13.6 Å². The Hall–Kier alpha value is -2.14. The molecule has 3 aromatic rings. The van der Waals surface area contributed by atoms with Crippen molar-refractivity contribution >= 4 is 41.5 Å². The van der Waals surface area contributed by atoms with Crippen LogP contribution in [0.5, 0.6) is 0 Å². The van der Waals surface area contributed by atoms with Gasteiger partial charge in [-0.25, -0.2) is 0 Å². The van der Waals surface area contributed by atoms with Crippen LogP contribution >= 0.6 is 35.6 Å². The Kier molecular flexibility index (Phi) is 8.52. The Labute approximate surface area is 179 Å². The summed E-state index contributed by atoms with van der Waals surface area (Å²) in [7, 11) is 1.72. The topological polar surface area (TPSA) is 93.2 Å². The minimum Gasteiger partial charge on any atom is -0.356 e. The highest BCUT2D eigenvalue weighted by Gasteiger charge is 2.09. The summed E-state index contributed by atoms with van der Waals surface area (Å²) < 4.78 is 7.17. The van der Waals surface area contributed by atoms with Gasteiger partial charge in [0.1, 0.15) is 0 Å². The summed E-state index contributed by atoms with van der Waals surface area (Å²) in [4.78, 5) is 8.55. The van der Waals surface area contributed by atoms with E-state index in [1.165, 1.54) is 0 Å². The van der Waals surface area contributed by atoms with Gasteiger partial charge in [0.05, 0.1) is 6.54 Å². The molecule has 0 aliphatic heterocycles. The number of nitrogens with one attached hydrogen (secondary N) is 2. The fourth-order valence-corrected chi connectivity index (χ4v) is 2.43. The summed E-state index contributed by atoms with van der Waals surface area (Å²) >= 11 is 5.89. The van der Waals surface area contributed by atoms with Gasteiger partial charge >= 0.3 is 0 Å². The molecule has 0 fully saturated rings. The molecule has 2 heterocycles. The first kappa shape index (κ1) is 21.2. The van der Waals surface area contributed by atoms with Crippen LogP contribution in [-0.2, 0) is 13.1 Å². The molecular formula is C17H21ClIN7O. The van der Waals surface area contributed by atoms with Crippen LogP contribution < -0.4 is 10.6 Å². The van der Waals surface area contributed by atoms with Crippen LogP contribution in [0, 0.1) is 0 Å². The molecule has 0 amide bonds. The quantitative estimate of drug-likeness (QED) is 0.224. The van der Waals surface area contributed by atoms with Crippen molar-refractivity contribution in [1.82, 2.24) is 30.6 Å². The van der Waals surface area contributed by atoms with Crippen molar-refractivity contribution in [1.29, 1.82) is 0 Å². The molecular weight excluding hydrogens is 481 g/mol. The molecule has 1 aromatic carbocycles. The highest BCUT2D eigenvalue weighted by atomic mass is 127. The van der Waals surface area contributed by atoms with E-state index in [1.807, 2.05) is 29.1 Å². The zero-order valence-electron chi connectivity index (χ0n) is 14.8. The van der Waals surface area contributed by atoms with Gasteiger partial charge in [-0.2, -0.15) is 10.1 Å². The fourth-order valence-electron chi connectivity index (χ4n) is 2.30. The Balaban J connectivity index is 0.00000261. The monoisotopic (exact) mass is 501 g/mol. The van der Waals surface area contributed by atoms with Crippen molar-refractivity contribution < 1.29 is 4.52 Å². The van der Waals surface area contributed by atoms with Gasteiger partial charge in [0, 0.05) is 43.1 Å². The van der Waals surface area contributed by atoms with Gasteiger partial charge in [-0.15, -0.1) is 24.0 Å². The smallest absolute Gasteiger partial charge is 0.246 e. The standard InChI is InChI=1S/C17H20ClN7O.HI/c1-19-17(20-8-2-10-25-11-3-9-22-25)21-12-15-23-16(24-26-15)13-4-6-14(18)7-5-13;/h3-7,9,11H,2,8,10,12H2,1H3,(H2,19,20,21);1H. The number of halogens is 2. The van der Waals surface area contributed by atoms with Crippen molar-refractivity contribution in [3.63, 3.8) is 0 Å². The third kappa shape index (κ3) is 6.51. The zero-order chi connectivity index (χ0) is 18.2. The maximum Gasteiger partial charge on any atom is 0.246 e. The molecule has 27 heavy (non-hydrogen) atoms. The highest BCUT2D eigenvalue weighted by molar-refractivity contribution is 14.0. The number of benzene rings is 1. The lowest BCUT2D eigenvalue weighted by molar-refractivity contribution is 0.375. The SMILES string of the molecule is CN=C(NCCCn1cccn1)NCc1nc(-c2ccc(Cl)cc2)no1.I. The van der Waals surface area contributed by atoms with Crippen molar-refractivity contribution in [3.8, 4) is 11.4 Å². The van der Waals surface area contributed by atoms with Gasteiger partial charge in [0.2, 0.25) is 11.7 Å². The average Bonchev–Trinajstić information content (AvgIpc) is 3.33. The Morgan fingerprint density at radius 1 is 1.26 bits per heavy atom. The van der Waals surface area contributed by atoms with Crippen LogP contribution in [0.3, 0.4) is 0 Å². The third-order valence-corrected chi connectivity index (χ3v) is 3.87. The van der Waals surface area contributed by atoms with Crippen LogP contribution in [0.4, 0.5) is 0 Å². The summed E-state index contributed by atoms with van der Waals surface area (Å²) in [6.07, 6.45) is 4.65. The number of hydrogen-bond donors (Lipinski definition) is 2. The lowest BCUT2D eigenvalue weighted by Gasteiger charge is -2.10. The largest absolute Gasteiger partial charge is 0.356 e.